The Morgan fingerprint density at radius 2 is 1.78 bits per heavy atom. The first-order valence-corrected chi connectivity index (χ1v) is 11.9. The molecular formula is C17H34ClNO3Si. The van der Waals surface area contributed by atoms with E-state index in [4.69, 9.17) is 20.8 Å². The molecule has 1 rings (SSSR count). The van der Waals surface area contributed by atoms with E-state index in [1.54, 1.807) is 0 Å². The SMILES string of the molecule is CC(C)(C)OC(=O)N1C[C@H](O[Si](C)(C)C(C)(C)C)C[C@H]1CCCl. The third-order valence-electron chi connectivity index (χ3n) is 4.71. The van der Waals surface area contributed by atoms with Gasteiger partial charge in [-0.05, 0) is 51.7 Å². The zero-order valence-corrected chi connectivity index (χ0v) is 17.8. The van der Waals surface area contributed by atoms with Crippen molar-refractivity contribution in [3.05, 3.63) is 0 Å². The summed E-state index contributed by atoms with van der Waals surface area (Å²) in [6.07, 6.45) is 1.45. The third kappa shape index (κ3) is 5.95. The van der Waals surface area contributed by atoms with Crippen LogP contribution in [0.25, 0.3) is 0 Å². The summed E-state index contributed by atoms with van der Waals surface area (Å²) in [5.41, 5.74) is -0.485. The molecule has 0 bridgehead atoms. The lowest BCUT2D eigenvalue weighted by Crippen LogP contribution is -2.45. The molecule has 136 valence electrons. The Morgan fingerprint density at radius 1 is 1.22 bits per heavy atom. The number of amides is 1. The molecule has 23 heavy (non-hydrogen) atoms. The Hall–Kier alpha value is -0.263. The molecule has 0 aliphatic carbocycles. The number of likely N-dealkylation sites (tertiary alicyclic amines) is 1. The predicted molar refractivity (Wildman–Crippen MR) is 98.8 cm³/mol. The van der Waals surface area contributed by atoms with Gasteiger partial charge in [0.25, 0.3) is 0 Å². The van der Waals surface area contributed by atoms with E-state index in [2.05, 4.69) is 33.9 Å². The maximum absolute atomic E-state index is 12.5. The molecule has 1 saturated heterocycles. The van der Waals surface area contributed by atoms with Crippen LogP contribution in [-0.2, 0) is 9.16 Å². The van der Waals surface area contributed by atoms with Gasteiger partial charge in [-0.25, -0.2) is 4.79 Å². The van der Waals surface area contributed by atoms with Gasteiger partial charge >= 0.3 is 6.09 Å². The van der Waals surface area contributed by atoms with Gasteiger partial charge in [-0.15, -0.1) is 11.6 Å². The van der Waals surface area contributed by atoms with E-state index in [9.17, 15) is 4.79 Å². The van der Waals surface area contributed by atoms with E-state index >= 15 is 0 Å². The van der Waals surface area contributed by atoms with Crippen molar-refractivity contribution in [3.63, 3.8) is 0 Å². The fourth-order valence-electron chi connectivity index (χ4n) is 2.50. The van der Waals surface area contributed by atoms with Gasteiger partial charge in [0.05, 0.1) is 6.10 Å². The molecule has 0 spiro atoms. The Bertz CT molecular complexity index is 415. The minimum Gasteiger partial charge on any atom is -0.444 e. The summed E-state index contributed by atoms with van der Waals surface area (Å²) < 4.78 is 12.0. The Balaban J connectivity index is 2.80. The fourth-order valence-corrected chi connectivity index (χ4v) is 4.11. The lowest BCUT2D eigenvalue weighted by Gasteiger charge is -2.38. The van der Waals surface area contributed by atoms with Crippen molar-refractivity contribution in [3.8, 4) is 0 Å². The van der Waals surface area contributed by atoms with Crippen LogP contribution in [0.15, 0.2) is 0 Å². The van der Waals surface area contributed by atoms with Crippen LogP contribution in [0.5, 0.6) is 0 Å². The smallest absolute Gasteiger partial charge is 0.410 e. The van der Waals surface area contributed by atoms with E-state index in [-0.39, 0.29) is 23.3 Å². The van der Waals surface area contributed by atoms with Gasteiger partial charge in [0.15, 0.2) is 8.32 Å². The maximum Gasteiger partial charge on any atom is 0.410 e. The monoisotopic (exact) mass is 363 g/mol. The van der Waals surface area contributed by atoms with Gasteiger partial charge in [-0.1, -0.05) is 20.8 Å². The molecule has 0 radical (unpaired) electrons. The average molecular weight is 364 g/mol. The number of alkyl halides is 1. The van der Waals surface area contributed by atoms with Gasteiger partial charge in [0.2, 0.25) is 0 Å². The number of ether oxygens (including phenoxy) is 1. The van der Waals surface area contributed by atoms with Crippen molar-refractivity contribution < 1.29 is 14.0 Å². The third-order valence-corrected chi connectivity index (χ3v) is 9.47. The van der Waals surface area contributed by atoms with Crippen molar-refractivity contribution in [1.29, 1.82) is 0 Å². The van der Waals surface area contributed by atoms with Crippen molar-refractivity contribution in [2.75, 3.05) is 12.4 Å². The minimum absolute atomic E-state index is 0.0802. The number of nitrogens with zero attached hydrogens (tertiary/aromatic N) is 1. The topological polar surface area (TPSA) is 38.8 Å². The van der Waals surface area contributed by atoms with Crippen molar-refractivity contribution in [2.45, 2.75) is 90.3 Å². The number of hydrogen-bond acceptors (Lipinski definition) is 3. The van der Waals surface area contributed by atoms with E-state index in [1.165, 1.54) is 0 Å². The van der Waals surface area contributed by atoms with E-state index in [0.29, 0.717) is 12.4 Å². The second-order valence-corrected chi connectivity index (χ2v) is 14.1. The van der Waals surface area contributed by atoms with E-state index < -0.39 is 13.9 Å². The van der Waals surface area contributed by atoms with E-state index in [0.717, 1.165) is 12.8 Å². The van der Waals surface area contributed by atoms with Crippen LogP contribution in [0.4, 0.5) is 4.79 Å². The Morgan fingerprint density at radius 3 is 2.22 bits per heavy atom. The summed E-state index contributed by atoms with van der Waals surface area (Å²) in [6.45, 7) is 17.5. The van der Waals surface area contributed by atoms with Crippen molar-refractivity contribution in [2.24, 2.45) is 0 Å². The number of hydrogen-bond donors (Lipinski definition) is 0. The largest absolute Gasteiger partial charge is 0.444 e. The van der Waals surface area contributed by atoms with Crippen LogP contribution in [0.3, 0.4) is 0 Å². The summed E-state index contributed by atoms with van der Waals surface area (Å²) in [5.74, 6) is 0.538. The minimum atomic E-state index is -1.85. The zero-order chi connectivity index (χ0) is 18.1. The molecular weight excluding hydrogens is 330 g/mol. The number of carbonyl (C=O) groups excluding carboxylic acids is 1. The number of halogens is 1. The zero-order valence-electron chi connectivity index (χ0n) is 16.0. The van der Waals surface area contributed by atoms with Crippen LogP contribution >= 0.6 is 11.6 Å². The summed E-state index contributed by atoms with van der Waals surface area (Å²) in [6, 6.07) is 0.108. The molecule has 0 aromatic carbocycles. The summed E-state index contributed by atoms with van der Waals surface area (Å²) in [7, 11) is -1.85. The van der Waals surface area contributed by atoms with Gasteiger partial charge in [-0.2, -0.15) is 0 Å². The molecule has 4 nitrogen and oxygen atoms in total. The molecule has 1 aliphatic heterocycles. The second kappa shape index (κ2) is 7.32. The molecule has 0 N–H and O–H groups in total. The first kappa shape index (κ1) is 20.8. The molecule has 2 atom stereocenters. The highest BCUT2D eigenvalue weighted by Gasteiger charge is 2.44. The molecule has 0 unspecified atom stereocenters. The quantitative estimate of drug-likeness (QED) is 0.520. The fraction of sp³-hybridized carbons (Fsp3) is 0.941. The first-order chi connectivity index (χ1) is 10.3. The molecule has 1 aliphatic rings. The van der Waals surface area contributed by atoms with E-state index in [1.807, 2.05) is 25.7 Å². The summed E-state index contributed by atoms with van der Waals surface area (Å²) >= 11 is 5.93. The highest BCUT2D eigenvalue weighted by atomic mass is 35.5. The highest BCUT2D eigenvalue weighted by molar-refractivity contribution is 6.74. The number of carbonyl (C=O) groups is 1. The van der Waals surface area contributed by atoms with Crippen molar-refractivity contribution >= 4 is 26.0 Å². The van der Waals surface area contributed by atoms with Crippen molar-refractivity contribution in [1.82, 2.24) is 4.90 Å². The summed E-state index contributed by atoms with van der Waals surface area (Å²) in [4.78, 5) is 14.3. The van der Waals surface area contributed by atoms with Crippen LogP contribution < -0.4 is 0 Å². The summed E-state index contributed by atoms with van der Waals surface area (Å²) in [5, 5.41) is 0.161. The Labute approximate surface area is 148 Å². The molecule has 1 fully saturated rings. The molecule has 6 heteroatoms. The standard InChI is InChI=1S/C17H34ClNO3Si/c1-16(2,3)21-15(20)19-12-14(11-13(19)9-10-18)22-23(7,8)17(4,5)6/h13-14H,9-12H2,1-8H3/t13-,14-/m1/s1. The highest BCUT2D eigenvalue weighted by Crippen LogP contribution is 2.39. The molecule has 1 heterocycles. The lowest BCUT2D eigenvalue weighted by atomic mass is 10.1. The average Bonchev–Trinajstić information content (AvgIpc) is 2.68. The molecule has 0 aromatic heterocycles. The van der Waals surface area contributed by atoms with Gasteiger partial charge in [0, 0.05) is 18.5 Å². The normalized spacial score (nSPS) is 23.3. The van der Waals surface area contributed by atoms with Crippen LogP contribution in [0, 0.1) is 0 Å². The predicted octanol–water partition coefficient (Wildman–Crippen LogP) is 5.02. The maximum atomic E-state index is 12.5. The lowest BCUT2D eigenvalue weighted by molar-refractivity contribution is 0.0208. The first-order valence-electron chi connectivity index (χ1n) is 8.50. The number of rotatable bonds is 4. The molecule has 0 aromatic rings. The molecule has 1 amide bonds. The second-order valence-electron chi connectivity index (χ2n) is 9.00. The van der Waals surface area contributed by atoms with Gasteiger partial charge in [-0.3, -0.25) is 0 Å². The van der Waals surface area contributed by atoms with Gasteiger partial charge < -0.3 is 14.1 Å². The Kier molecular flexibility index (Phi) is 6.61. The van der Waals surface area contributed by atoms with Crippen LogP contribution in [0.2, 0.25) is 18.1 Å². The molecule has 0 saturated carbocycles. The van der Waals surface area contributed by atoms with Crippen LogP contribution in [0.1, 0.15) is 54.4 Å². The van der Waals surface area contributed by atoms with Gasteiger partial charge in [0.1, 0.15) is 5.60 Å². The van der Waals surface area contributed by atoms with Crippen LogP contribution in [-0.4, -0.2) is 49.5 Å².